The second-order valence-corrected chi connectivity index (χ2v) is 11.5. The van der Waals surface area contributed by atoms with E-state index >= 15 is 0 Å². The molecule has 3 aromatic heterocycles. The van der Waals surface area contributed by atoms with Gasteiger partial charge >= 0.3 is 0 Å². The molecule has 6 aromatic carbocycles. The Morgan fingerprint density at radius 2 is 0.935 bits per heavy atom. The van der Waals surface area contributed by atoms with Crippen LogP contribution in [0, 0.1) is 0 Å². The van der Waals surface area contributed by atoms with E-state index in [0.29, 0.717) is 5.82 Å². The molecule has 0 unspecified atom stereocenters. The molecule has 0 radical (unpaired) electrons. The van der Waals surface area contributed by atoms with E-state index in [9.17, 15) is 0 Å². The van der Waals surface area contributed by atoms with Crippen LogP contribution in [-0.2, 0) is 0 Å². The molecule has 0 aliphatic carbocycles. The van der Waals surface area contributed by atoms with Crippen molar-refractivity contribution < 1.29 is 0 Å². The van der Waals surface area contributed by atoms with Crippen molar-refractivity contribution in [1.29, 1.82) is 0 Å². The van der Waals surface area contributed by atoms with Crippen molar-refractivity contribution in [3.63, 3.8) is 0 Å². The summed E-state index contributed by atoms with van der Waals surface area (Å²) >= 11 is 0. The normalized spacial score (nSPS) is 11.5. The highest BCUT2D eigenvalue weighted by Crippen LogP contribution is 2.36. The third-order valence-corrected chi connectivity index (χ3v) is 8.74. The monoisotopic (exact) mass is 586 g/mol. The van der Waals surface area contributed by atoms with Gasteiger partial charge in [0.05, 0.1) is 22.4 Å². The minimum Gasteiger partial charge on any atom is -0.245 e. The van der Waals surface area contributed by atoms with Gasteiger partial charge in [-0.3, -0.25) is 0 Å². The van der Waals surface area contributed by atoms with Gasteiger partial charge in [-0.2, -0.15) is 0 Å². The van der Waals surface area contributed by atoms with Crippen LogP contribution in [0.15, 0.2) is 158 Å². The summed E-state index contributed by atoms with van der Waals surface area (Å²) in [6.45, 7) is 0. The van der Waals surface area contributed by atoms with E-state index in [2.05, 4.69) is 125 Å². The molecule has 3 heterocycles. The van der Waals surface area contributed by atoms with Crippen molar-refractivity contribution in [1.82, 2.24) is 19.9 Å². The van der Waals surface area contributed by atoms with Crippen molar-refractivity contribution in [2.45, 2.75) is 0 Å². The second kappa shape index (κ2) is 10.7. The fraction of sp³-hybridized carbons (Fsp3) is 0. The summed E-state index contributed by atoms with van der Waals surface area (Å²) in [5, 5.41) is 6.99. The number of rotatable bonds is 4. The Balaban J connectivity index is 1.15. The van der Waals surface area contributed by atoms with Crippen LogP contribution < -0.4 is 0 Å². The van der Waals surface area contributed by atoms with E-state index in [-0.39, 0.29) is 0 Å². The highest BCUT2D eigenvalue weighted by molar-refractivity contribution is 6.14. The fourth-order valence-corrected chi connectivity index (χ4v) is 6.42. The van der Waals surface area contributed by atoms with Gasteiger partial charge in [0, 0.05) is 45.4 Å². The maximum absolute atomic E-state index is 5.28. The smallest absolute Gasteiger partial charge is 0.159 e. The zero-order chi connectivity index (χ0) is 30.5. The fourth-order valence-electron chi connectivity index (χ4n) is 6.42. The molecule has 0 N–H and O–H groups in total. The molecular weight excluding hydrogens is 560 g/mol. The Morgan fingerprint density at radius 1 is 0.348 bits per heavy atom. The molecule has 214 valence electrons. The van der Waals surface area contributed by atoms with Crippen molar-refractivity contribution >= 4 is 43.4 Å². The van der Waals surface area contributed by atoms with Crippen molar-refractivity contribution in [3.05, 3.63) is 158 Å². The van der Waals surface area contributed by atoms with Crippen LogP contribution in [0.25, 0.3) is 88.4 Å². The zero-order valence-corrected chi connectivity index (χ0v) is 24.8. The molecule has 0 atom stereocenters. The SMILES string of the molecule is c1ccc(-c2cnc(-c3cccc(-c4ccc5ccc6ccc(-c7cc8ccccc8c8ccccc78)nc6c5n4)c3)nc2)cc1. The molecular formula is C42H26N4. The van der Waals surface area contributed by atoms with Crippen molar-refractivity contribution in [3.8, 4) is 45.0 Å². The maximum Gasteiger partial charge on any atom is 0.159 e. The van der Waals surface area contributed by atoms with E-state index < -0.39 is 0 Å². The van der Waals surface area contributed by atoms with Gasteiger partial charge in [0.15, 0.2) is 5.82 Å². The number of aromatic nitrogens is 4. The molecule has 46 heavy (non-hydrogen) atoms. The van der Waals surface area contributed by atoms with Crippen LogP contribution in [0.1, 0.15) is 0 Å². The molecule has 9 rings (SSSR count). The molecule has 4 heteroatoms. The molecule has 0 aliphatic rings. The largest absolute Gasteiger partial charge is 0.245 e. The molecule has 0 bridgehead atoms. The van der Waals surface area contributed by atoms with Gasteiger partial charge in [0.1, 0.15) is 0 Å². The number of hydrogen-bond acceptors (Lipinski definition) is 4. The van der Waals surface area contributed by atoms with Crippen LogP contribution in [0.5, 0.6) is 0 Å². The first-order valence-electron chi connectivity index (χ1n) is 15.4. The Bertz CT molecular complexity index is 2570. The zero-order valence-electron chi connectivity index (χ0n) is 24.8. The minimum absolute atomic E-state index is 0.682. The van der Waals surface area contributed by atoms with Crippen LogP contribution in [0.4, 0.5) is 0 Å². The third-order valence-electron chi connectivity index (χ3n) is 8.74. The first-order valence-corrected chi connectivity index (χ1v) is 15.4. The summed E-state index contributed by atoms with van der Waals surface area (Å²) in [5.74, 6) is 0.682. The lowest BCUT2D eigenvalue weighted by atomic mass is 9.95. The highest BCUT2D eigenvalue weighted by atomic mass is 14.9. The molecule has 0 saturated heterocycles. The van der Waals surface area contributed by atoms with Gasteiger partial charge in [0.25, 0.3) is 0 Å². The van der Waals surface area contributed by atoms with E-state index in [1.165, 1.54) is 21.5 Å². The molecule has 4 nitrogen and oxygen atoms in total. The molecule has 0 aliphatic heterocycles. The maximum atomic E-state index is 5.28. The Hall–Kier alpha value is -6.26. The van der Waals surface area contributed by atoms with E-state index in [1.54, 1.807) is 0 Å². The first-order chi connectivity index (χ1) is 22.8. The van der Waals surface area contributed by atoms with E-state index in [1.807, 2.05) is 42.7 Å². The molecule has 0 amide bonds. The van der Waals surface area contributed by atoms with Gasteiger partial charge in [-0.15, -0.1) is 0 Å². The molecule has 9 aromatic rings. The van der Waals surface area contributed by atoms with Crippen LogP contribution in [0.2, 0.25) is 0 Å². The van der Waals surface area contributed by atoms with Crippen molar-refractivity contribution in [2.75, 3.05) is 0 Å². The first kappa shape index (κ1) is 26.2. The average Bonchev–Trinajstić information content (AvgIpc) is 3.14. The third kappa shape index (κ3) is 4.47. The minimum atomic E-state index is 0.682. The predicted octanol–water partition coefficient (Wildman–Crippen LogP) is 10.5. The van der Waals surface area contributed by atoms with Gasteiger partial charge in [-0.25, -0.2) is 19.9 Å². The number of pyridine rings is 2. The Morgan fingerprint density at radius 3 is 1.72 bits per heavy atom. The van der Waals surface area contributed by atoms with Crippen LogP contribution >= 0.6 is 0 Å². The highest BCUT2D eigenvalue weighted by Gasteiger charge is 2.13. The molecule has 0 spiro atoms. The molecule has 0 saturated carbocycles. The number of nitrogens with zero attached hydrogens (tertiary/aromatic N) is 4. The van der Waals surface area contributed by atoms with Gasteiger partial charge in [0.2, 0.25) is 0 Å². The van der Waals surface area contributed by atoms with E-state index in [0.717, 1.165) is 61.0 Å². The van der Waals surface area contributed by atoms with Crippen LogP contribution in [-0.4, -0.2) is 19.9 Å². The Labute approximate surface area is 265 Å². The summed E-state index contributed by atoms with van der Waals surface area (Å²) in [7, 11) is 0. The lowest BCUT2D eigenvalue weighted by Gasteiger charge is -2.12. The van der Waals surface area contributed by atoms with E-state index in [4.69, 9.17) is 9.97 Å². The summed E-state index contributed by atoms with van der Waals surface area (Å²) in [6.07, 6.45) is 3.76. The lowest BCUT2D eigenvalue weighted by molar-refractivity contribution is 1.18. The summed E-state index contributed by atoms with van der Waals surface area (Å²) in [6, 6.07) is 50.6. The Kier molecular flexibility index (Phi) is 6.10. The van der Waals surface area contributed by atoms with Crippen LogP contribution in [0.3, 0.4) is 0 Å². The lowest BCUT2D eigenvalue weighted by Crippen LogP contribution is -1.93. The quantitative estimate of drug-likeness (QED) is 0.193. The number of hydrogen-bond donors (Lipinski definition) is 0. The van der Waals surface area contributed by atoms with Crippen molar-refractivity contribution in [2.24, 2.45) is 0 Å². The summed E-state index contributed by atoms with van der Waals surface area (Å²) < 4.78 is 0. The topological polar surface area (TPSA) is 51.6 Å². The summed E-state index contributed by atoms with van der Waals surface area (Å²) in [4.78, 5) is 19.9. The predicted molar refractivity (Wildman–Crippen MR) is 189 cm³/mol. The number of benzene rings is 6. The number of fused-ring (bicyclic) bond motifs is 6. The van der Waals surface area contributed by atoms with Gasteiger partial charge in [-0.1, -0.05) is 121 Å². The standard InChI is InChI=1S/C42H26N4/c1-2-9-27(10-3-1)33-25-43-42(44-26-33)32-13-8-12-31(23-32)38-21-19-28-17-18-29-20-22-39(46-41(29)40(28)45-38)37-24-30-11-4-5-14-34(30)35-15-6-7-16-36(35)37/h1-26H. The van der Waals surface area contributed by atoms with Gasteiger partial charge in [-0.05, 0) is 51.4 Å². The van der Waals surface area contributed by atoms with Gasteiger partial charge < -0.3 is 0 Å². The second-order valence-electron chi connectivity index (χ2n) is 11.5. The summed E-state index contributed by atoms with van der Waals surface area (Å²) in [5.41, 5.74) is 8.76. The average molecular weight is 587 g/mol. The molecule has 0 fully saturated rings.